The number of nitrogens with zero attached hydrogens (tertiary/aromatic N) is 2. The lowest BCUT2D eigenvalue weighted by Crippen LogP contribution is -2.11. The van der Waals surface area contributed by atoms with Crippen LogP contribution < -0.4 is 0 Å². The van der Waals surface area contributed by atoms with Crippen molar-refractivity contribution in [2.24, 2.45) is 0 Å². The molecule has 0 bridgehead atoms. The zero-order valence-electron chi connectivity index (χ0n) is 9.38. The Morgan fingerprint density at radius 3 is 2.53 bits per heavy atom. The molecule has 0 aliphatic heterocycles. The molecule has 0 amide bonds. The minimum absolute atomic E-state index is 0.653. The molecule has 0 aromatic carbocycles. The SMILES string of the molecule is Cc1c(CBr)cnn1C1CCCCCC1. The Balaban J connectivity index is 2.16. The molecule has 1 aliphatic rings. The van der Waals surface area contributed by atoms with E-state index in [0.717, 1.165) is 5.33 Å². The summed E-state index contributed by atoms with van der Waals surface area (Å²) in [6, 6.07) is 0.653. The number of rotatable bonds is 2. The predicted molar refractivity (Wildman–Crippen MR) is 66.3 cm³/mol. The molecule has 0 radical (unpaired) electrons. The summed E-state index contributed by atoms with van der Waals surface area (Å²) in [6.07, 6.45) is 10.2. The van der Waals surface area contributed by atoms with Gasteiger partial charge in [-0.05, 0) is 19.8 Å². The summed E-state index contributed by atoms with van der Waals surface area (Å²) < 4.78 is 2.25. The highest BCUT2D eigenvalue weighted by atomic mass is 79.9. The standard InChI is InChI=1S/C12H19BrN2/c1-10-11(8-13)9-14-15(10)12-6-4-2-3-5-7-12/h9,12H,2-8H2,1H3. The van der Waals surface area contributed by atoms with E-state index in [1.165, 1.54) is 49.8 Å². The van der Waals surface area contributed by atoms with Crippen LogP contribution in [0.25, 0.3) is 0 Å². The van der Waals surface area contributed by atoms with Gasteiger partial charge in [0.25, 0.3) is 0 Å². The van der Waals surface area contributed by atoms with E-state index < -0.39 is 0 Å². The lowest BCUT2D eigenvalue weighted by atomic mass is 10.1. The van der Waals surface area contributed by atoms with Gasteiger partial charge in [0, 0.05) is 16.6 Å². The Kier molecular flexibility index (Phi) is 3.84. The van der Waals surface area contributed by atoms with Crippen molar-refractivity contribution < 1.29 is 0 Å². The fourth-order valence-corrected chi connectivity index (χ4v) is 3.01. The third kappa shape index (κ3) is 2.44. The van der Waals surface area contributed by atoms with Crippen LogP contribution in [0.2, 0.25) is 0 Å². The number of hydrogen-bond donors (Lipinski definition) is 0. The molecule has 1 saturated carbocycles. The van der Waals surface area contributed by atoms with Gasteiger partial charge in [-0.3, -0.25) is 4.68 Å². The van der Waals surface area contributed by atoms with E-state index in [4.69, 9.17) is 0 Å². The molecular weight excluding hydrogens is 252 g/mol. The monoisotopic (exact) mass is 270 g/mol. The van der Waals surface area contributed by atoms with Crippen LogP contribution in [0.5, 0.6) is 0 Å². The van der Waals surface area contributed by atoms with E-state index in [9.17, 15) is 0 Å². The first-order valence-electron chi connectivity index (χ1n) is 5.92. The molecule has 1 aromatic heterocycles. The molecule has 1 aliphatic carbocycles. The number of alkyl halides is 1. The molecule has 0 spiro atoms. The van der Waals surface area contributed by atoms with Crippen LogP contribution in [0, 0.1) is 6.92 Å². The van der Waals surface area contributed by atoms with Crippen molar-refractivity contribution in [3.8, 4) is 0 Å². The third-order valence-corrected chi connectivity index (χ3v) is 4.06. The second-order valence-corrected chi connectivity index (χ2v) is 5.04. The van der Waals surface area contributed by atoms with Gasteiger partial charge in [0.15, 0.2) is 0 Å². The fourth-order valence-electron chi connectivity index (χ4n) is 2.46. The fraction of sp³-hybridized carbons (Fsp3) is 0.750. The van der Waals surface area contributed by atoms with Crippen LogP contribution >= 0.6 is 15.9 Å². The topological polar surface area (TPSA) is 17.8 Å². The van der Waals surface area contributed by atoms with Crippen molar-refractivity contribution in [1.29, 1.82) is 0 Å². The number of hydrogen-bond acceptors (Lipinski definition) is 1. The Morgan fingerprint density at radius 1 is 1.33 bits per heavy atom. The van der Waals surface area contributed by atoms with Crippen molar-refractivity contribution in [1.82, 2.24) is 9.78 Å². The number of aromatic nitrogens is 2. The third-order valence-electron chi connectivity index (χ3n) is 3.46. The van der Waals surface area contributed by atoms with E-state index in [0.29, 0.717) is 6.04 Å². The highest BCUT2D eigenvalue weighted by Crippen LogP contribution is 2.28. The first kappa shape index (κ1) is 11.2. The smallest absolute Gasteiger partial charge is 0.0533 e. The second kappa shape index (κ2) is 5.15. The van der Waals surface area contributed by atoms with E-state index >= 15 is 0 Å². The predicted octanol–water partition coefficient (Wildman–Crippen LogP) is 3.98. The largest absolute Gasteiger partial charge is 0.267 e. The van der Waals surface area contributed by atoms with Crippen LogP contribution in [0.15, 0.2) is 6.20 Å². The second-order valence-electron chi connectivity index (χ2n) is 4.48. The van der Waals surface area contributed by atoms with Crippen molar-refractivity contribution in [3.05, 3.63) is 17.5 Å². The summed E-state index contributed by atoms with van der Waals surface area (Å²) in [5.74, 6) is 0. The van der Waals surface area contributed by atoms with Crippen LogP contribution in [0.4, 0.5) is 0 Å². The first-order chi connectivity index (χ1) is 7.33. The van der Waals surface area contributed by atoms with E-state index in [2.05, 4.69) is 32.6 Å². The Morgan fingerprint density at radius 2 is 2.00 bits per heavy atom. The average Bonchev–Trinajstić information content (AvgIpc) is 2.49. The minimum Gasteiger partial charge on any atom is -0.267 e. The highest BCUT2D eigenvalue weighted by molar-refractivity contribution is 9.08. The maximum absolute atomic E-state index is 4.54. The summed E-state index contributed by atoms with van der Waals surface area (Å²) in [5.41, 5.74) is 2.68. The maximum atomic E-state index is 4.54. The van der Waals surface area contributed by atoms with E-state index in [1.54, 1.807) is 0 Å². The summed E-state index contributed by atoms with van der Waals surface area (Å²) in [6.45, 7) is 2.19. The van der Waals surface area contributed by atoms with Gasteiger partial charge in [-0.25, -0.2) is 0 Å². The van der Waals surface area contributed by atoms with Crippen molar-refractivity contribution in [2.45, 2.75) is 56.8 Å². The molecule has 0 saturated heterocycles. The molecule has 1 heterocycles. The molecular formula is C12H19BrN2. The van der Waals surface area contributed by atoms with E-state index in [-0.39, 0.29) is 0 Å². The number of halogens is 1. The molecule has 2 nitrogen and oxygen atoms in total. The van der Waals surface area contributed by atoms with Gasteiger partial charge >= 0.3 is 0 Å². The zero-order valence-corrected chi connectivity index (χ0v) is 11.0. The normalized spacial score (nSPS) is 19.1. The summed E-state index contributed by atoms with van der Waals surface area (Å²) >= 11 is 3.51. The van der Waals surface area contributed by atoms with Crippen LogP contribution in [0.3, 0.4) is 0 Å². The van der Waals surface area contributed by atoms with Crippen molar-refractivity contribution >= 4 is 15.9 Å². The molecule has 1 aromatic rings. The summed E-state index contributed by atoms with van der Waals surface area (Å²) in [4.78, 5) is 0. The van der Waals surface area contributed by atoms with Gasteiger partial charge in [0.05, 0.1) is 12.2 Å². The van der Waals surface area contributed by atoms with Crippen molar-refractivity contribution in [2.75, 3.05) is 0 Å². The molecule has 3 heteroatoms. The van der Waals surface area contributed by atoms with Gasteiger partial charge in [0.1, 0.15) is 0 Å². The average molecular weight is 271 g/mol. The molecule has 0 unspecified atom stereocenters. The van der Waals surface area contributed by atoms with Gasteiger partial charge < -0.3 is 0 Å². The van der Waals surface area contributed by atoms with Gasteiger partial charge in [-0.1, -0.05) is 41.6 Å². The first-order valence-corrected chi connectivity index (χ1v) is 7.04. The van der Waals surface area contributed by atoms with E-state index in [1.807, 2.05) is 6.20 Å². The lowest BCUT2D eigenvalue weighted by Gasteiger charge is -2.16. The minimum atomic E-state index is 0.653. The molecule has 1 fully saturated rings. The van der Waals surface area contributed by atoms with Gasteiger partial charge in [-0.2, -0.15) is 5.10 Å². The lowest BCUT2D eigenvalue weighted by molar-refractivity contribution is 0.398. The van der Waals surface area contributed by atoms with Crippen LogP contribution in [0.1, 0.15) is 55.8 Å². The molecule has 2 rings (SSSR count). The van der Waals surface area contributed by atoms with Crippen LogP contribution in [-0.2, 0) is 5.33 Å². The maximum Gasteiger partial charge on any atom is 0.0533 e. The summed E-state index contributed by atoms with van der Waals surface area (Å²) in [5, 5.41) is 5.46. The molecule has 0 atom stereocenters. The molecule has 0 N–H and O–H groups in total. The zero-order chi connectivity index (χ0) is 10.7. The Hall–Kier alpha value is -0.310. The molecule has 15 heavy (non-hydrogen) atoms. The van der Waals surface area contributed by atoms with Crippen LogP contribution in [-0.4, -0.2) is 9.78 Å². The summed E-state index contributed by atoms with van der Waals surface area (Å²) in [7, 11) is 0. The van der Waals surface area contributed by atoms with Crippen molar-refractivity contribution in [3.63, 3.8) is 0 Å². The van der Waals surface area contributed by atoms with Gasteiger partial charge in [-0.15, -0.1) is 0 Å². The molecule has 84 valence electrons. The Bertz CT molecular complexity index is 311. The highest BCUT2D eigenvalue weighted by Gasteiger charge is 2.17. The Labute approximate surface area is 100 Å². The quantitative estimate of drug-likeness (QED) is 0.587. The van der Waals surface area contributed by atoms with Gasteiger partial charge in [0.2, 0.25) is 0 Å².